The lowest BCUT2D eigenvalue weighted by Gasteiger charge is -2.29. The van der Waals surface area contributed by atoms with Crippen LogP contribution in [0, 0.1) is 6.92 Å². The van der Waals surface area contributed by atoms with Crippen molar-refractivity contribution in [2.75, 3.05) is 5.32 Å². The van der Waals surface area contributed by atoms with Crippen LogP contribution in [-0.4, -0.2) is 39.7 Å². The van der Waals surface area contributed by atoms with E-state index >= 15 is 0 Å². The van der Waals surface area contributed by atoms with Crippen LogP contribution in [0.15, 0.2) is 17.5 Å². The summed E-state index contributed by atoms with van der Waals surface area (Å²) in [5.74, 6) is -0.238. The molecule has 32 heavy (non-hydrogen) atoms. The zero-order valence-electron chi connectivity index (χ0n) is 18.2. The number of carbonyl (C=O) groups is 4. The zero-order chi connectivity index (χ0) is 23.0. The minimum Gasteiger partial charge on any atom is -0.333 e. The maximum Gasteiger partial charge on any atom is 0.320 e. The number of imide groups is 1. The van der Waals surface area contributed by atoms with E-state index in [-0.39, 0.29) is 36.7 Å². The molecular formula is C22H25N5O4S. The fraction of sp³-hybridized carbons (Fsp3) is 0.409. The maximum absolute atomic E-state index is 12.8. The first-order chi connectivity index (χ1) is 15.2. The third-order valence-electron chi connectivity index (χ3n) is 5.72. The van der Waals surface area contributed by atoms with Gasteiger partial charge in [0.15, 0.2) is 0 Å². The summed E-state index contributed by atoms with van der Waals surface area (Å²) in [4.78, 5) is 55.7. The lowest BCUT2D eigenvalue weighted by Crippen LogP contribution is -2.52. The van der Waals surface area contributed by atoms with Gasteiger partial charge < -0.3 is 10.2 Å². The number of piperidine rings is 1. The molecule has 168 valence electrons. The third kappa shape index (κ3) is 4.22. The van der Waals surface area contributed by atoms with Crippen molar-refractivity contribution >= 4 is 40.9 Å². The van der Waals surface area contributed by atoms with Gasteiger partial charge in [-0.3, -0.25) is 25.0 Å². The van der Waals surface area contributed by atoms with Gasteiger partial charge in [0.25, 0.3) is 5.91 Å². The van der Waals surface area contributed by atoms with Gasteiger partial charge in [0.2, 0.25) is 11.8 Å². The van der Waals surface area contributed by atoms with Gasteiger partial charge in [-0.05, 0) is 36.5 Å². The van der Waals surface area contributed by atoms with Crippen molar-refractivity contribution in [3.63, 3.8) is 0 Å². The van der Waals surface area contributed by atoms with Gasteiger partial charge in [-0.15, -0.1) is 11.3 Å². The number of hydrogen-bond acceptors (Lipinski definition) is 6. The lowest BCUT2D eigenvalue weighted by atomic mass is 10.0. The molecule has 4 heterocycles. The number of nitrogens with one attached hydrogen (secondary N) is 3. The normalized spacial score (nSPS) is 18.1. The number of amides is 5. The average Bonchev–Trinajstić information content (AvgIpc) is 3.28. The highest BCUT2D eigenvalue weighted by molar-refractivity contribution is 7.10. The Morgan fingerprint density at radius 2 is 2.09 bits per heavy atom. The van der Waals surface area contributed by atoms with Crippen LogP contribution in [0.5, 0.6) is 0 Å². The van der Waals surface area contributed by atoms with Crippen LogP contribution >= 0.6 is 11.3 Å². The van der Waals surface area contributed by atoms with Crippen molar-refractivity contribution in [3.8, 4) is 0 Å². The number of urea groups is 1. The number of nitrogens with zero attached hydrogens (tertiary/aromatic N) is 2. The van der Waals surface area contributed by atoms with Crippen molar-refractivity contribution < 1.29 is 19.2 Å². The summed E-state index contributed by atoms with van der Waals surface area (Å²) in [6.07, 6.45) is 0.537. The molecule has 10 heteroatoms. The fourth-order valence-electron chi connectivity index (χ4n) is 4.07. The molecule has 0 spiro atoms. The second kappa shape index (κ2) is 8.70. The first-order valence-electron chi connectivity index (χ1n) is 10.5. The number of rotatable bonds is 5. The van der Waals surface area contributed by atoms with Crippen LogP contribution < -0.4 is 16.0 Å². The van der Waals surface area contributed by atoms with Crippen LogP contribution in [0.1, 0.15) is 64.7 Å². The molecule has 0 aromatic carbocycles. The van der Waals surface area contributed by atoms with Crippen molar-refractivity contribution in [1.82, 2.24) is 20.5 Å². The molecule has 3 N–H and O–H groups in total. The van der Waals surface area contributed by atoms with E-state index in [1.807, 2.05) is 13.0 Å². The highest BCUT2D eigenvalue weighted by Crippen LogP contribution is 2.33. The summed E-state index contributed by atoms with van der Waals surface area (Å²) in [6, 6.07) is 2.66. The number of thiophene rings is 1. The molecule has 1 unspecified atom stereocenters. The Kier molecular flexibility index (Phi) is 5.96. The van der Waals surface area contributed by atoms with Gasteiger partial charge >= 0.3 is 6.03 Å². The van der Waals surface area contributed by atoms with E-state index in [0.717, 1.165) is 21.7 Å². The summed E-state index contributed by atoms with van der Waals surface area (Å²) in [6.45, 7) is 6.64. The number of aryl methyl sites for hydroxylation is 1. The molecule has 2 aliphatic heterocycles. The summed E-state index contributed by atoms with van der Waals surface area (Å²) < 4.78 is 0. The van der Waals surface area contributed by atoms with E-state index in [2.05, 4.69) is 34.8 Å². The van der Waals surface area contributed by atoms with Crippen LogP contribution in [-0.2, 0) is 22.7 Å². The van der Waals surface area contributed by atoms with Crippen molar-refractivity contribution in [2.45, 2.75) is 58.7 Å². The minimum absolute atomic E-state index is 0.215. The minimum atomic E-state index is -0.649. The van der Waals surface area contributed by atoms with E-state index in [4.69, 9.17) is 0 Å². The average molecular weight is 456 g/mol. The highest BCUT2D eigenvalue weighted by atomic mass is 32.1. The maximum atomic E-state index is 12.8. The molecule has 1 fully saturated rings. The lowest BCUT2D eigenvalue weighted by molar-refractivity contribution is -0.136. The number of carbonyl (C=O) groups excluding carboxylic acids is 4. The van der Waals surface area contributed by atoms with E-state index < -0.39 is 11.9 Å². The first-order valence-corrected chi connectivity index (χ1v) is 11.4. The second-order valence-electron chi connectivity index (χ2n) is 8.31. The number of hydrogen-bond donors (Lipinski definition) is 3. The van der Waals surface area contributed by atoms with E-state index in [1.165, 1.54) is 16.2 Å². The predicted octanol–water partition coefficient (Wildman–Crippen LogP) is 2.66. The summed E-state index contributed by atoms with van der Waals surface area (Å²) in [5, 5.41) is 9.63. The van der Waals surface area contributed by atoms with Crippen LogP contribution in [0.4, 0.5) is 10.6 Å². The van der Waals surface area contributed by atoms with Gasteiger partial charge in [0, 0.05) is 28.9 Å². The fourth-order valence-corrected chi connectivity index (χ4v) is 5.05. The van der Waals surface area contributed by atoms with Gasteiger partial charge in [-0.25, -0.2) is 9.78 Å². The molecule has 2 aromatic rings. The molecule has 4 rings (SSSR count). The Labute approximate surface area is 189 Å². The van der Waals surface area contributed by atoms with E-state index in [9.17, 15) is 19.2 Å². The van der Waals surface area contributed by atoms with Gasteiger partial charge in [-0.1, -0.05) is 19.9 Å². The van der Waals surface area contributed by atoms with Crippen LogP contribution in [0.2, 0.25) is 0 Å². The summed E-state index contributed by atoms with van der Waals surface area (Å²) >= 11 is 1.40. The Morgan fingerprint density at radius 3 is 2.81 bits per heavy atom. The van der Waals surface area contributed by atoms with Crippen molar-refractivity contribution in [2.24, 2.45) is 0 Å². The molecular weight excluding hydrogens is 430 g/mol. The number of aromatic nitrogens is 1. The third-order valence-corrected chi connectivity index (χ3v) is 6.75. The van der Waals surface area contributed by atoms with Crippen molar-refractivity contribution in [1.29, 1.82) is 0 Å². The SMILES string of the molecule is Cc1ccc(NC(=O)NCc2scc3c2CN(C2CCC(=O)NC2=O)C3=O)nc1C(C)C. The molecule has 0 radical (unpaired) electrons. The Hall–Kier alpha value is -3.27. The quantitative estimate of drug-likeness (QED) is 0.599. The molecule has 1 saturated heterocycles. The number of pyridine rings is 1. The predicted molar refractivity (Wildman–Crippen MR) is 119 cm³/mol. The number of anilines is 1. The van der Waals surface area contributed by atoms with Gasteiger partial charge in [0.05, 0.1) is 12.1 Å². The molecule has 1 atom stereocenters. The molecule has 5 amide bonds. The van der Waals surface area contributed by atoms with Gasteiger partial charge in [-0.2, -0.15) is 0 Å². The number of fused-ring (bicyclic) bond motifs is 1. The molecule has 2 aromatic heterocycles. The zero-order valence-corrected chi connectivity index (χ0v) is 19.0. The van der Waals surface area contributed by atoms with Crippen molar-refractivity contribution in [3.05, 3.63) is 44.8 Å². The Bertz CT molecular complexity index is 1110. The molecule has 0 bridgehead atoms. The molecule has 0 aliphatic carbocycles. The molecule has 0 saturated carbocycles. The smallest absolute Gasteiger partial charge is 0.320 e. The summed E-state index contributed by atoms with van der Waals surface area (Å²) in [5.41, 5.74) is 3.38. The topological polar surface area (TPSA) is 120 Å². The first kappa shape index (κ1) is 21.9. The molecule has 2 aliphatic rings. The molecule has 9 nitrogen and oxygen atoms in total. The Morgan fingerprint density at radius 1 is 1.31 bits per heavy atom. The Balaban J connectivity index is 1.39. The summed E-state index contributed by atoms with van der Waals surface area (Å²) in [7, 11) is 0. The second-order valence-corrected chi connectivity index (χ2v) is 9.28. The van der Waals surface area contributed by atoms with Gasteiger partial charge in [0.1, 0.15) is 11.9 Å². The van der Waals surface area contributed by atoms with E-state index in [0.29, 0.717) is 24.3 Å². The highest BCUT2D eigenvalue weighted by Gasteiger charge is 2.40. The largest absolute Gasteiger partial charge is 0.333 e. The van der Waals surface area contributed by atoms with E-state index in [1.54, 1.807) is 11.4 Å². The standard InChI is InChI=1S/C22H25N5O4S/c1-11(2)19-12(3)4-6-17(24-19)25-22(31)23-8-16-13-9-27(21(30)14(13)10-32-16)15-5-7-18(28)26-20(15)29/h4,6,10-11,15H,5,7-9H2,1-3H3,(H,26,28,29)(H2,23,24,25,31). The van der Waals surface area contributed by atoms with Crippen LogP contribution in [0.3, 0.4) is 0 Å². The van der Waals surface area contributed by atoms with Crippen LogP contribution in [0.25, 0.3) is 0 Å². The monoisotopic (exact) mass is 455 g/mol.